The largest absolute Gasteiger partial charge is 0.504 e. The highest BCUT2D eigenvalue weighted by Crippen LogP contribution is 2.32. The van der Waals surface area contributed by atoms with Gasteiger partial charge in [-0.2, -0.15) is 0 Å². The smallest absolute Gasteiger partial charge is 0.231 e. The molecule has 3 heteroatoms. The zero-order chi connectivity index (χ0) is 9.10. The third-order valence-corrected chi connectivity index (χ3v) is 1.79. The van der Waals surface area contributed by atoms with Gasteiger partial charge in [-0.05, 0) is 23.8 Å². The van der Waals surface area contributed by atoms with Crippen LogP contribution in [0.4, 0.5) is 0 Å². The lowest BCUT2D eigenvalue weighted by molar-refractivity contribution is 0.174. The van der Waals surface area contributed by atoms with Crippen molar-refractivity contribution in [2.75, 3.05) is 13.9 Å². The third kappa shape index (κ3) is 1.59. The first-order valence-corrected chi connectivity index (χ1v) is 3.99. The van der Waals surface area contributed by atoms with Gasteiger partial charge in [0.05, 0.1) is 13.4 Å². The van der Waals surface area contributed by atoms with E-state index in [1.165, 1.54) is 0 Å². The molecular weight excluding hydrogens is 168 g/mol. The SMILES string of the molecule is COC=Cc1ccc2c(c1)OCO2. The van der Waals surface area contributed by atoms with E-state index < -0.39 is 0 Å². The lowest BCUT2D eigenvalue weighted by Crippen LogP contribution is -1.92. The first kappa shape index (κ1) is 7.98. The van der Waals surface area contributed by atoms with Crippen molar-refractivity contribution >= 4 is 6.08 Å². The number of rotatable bonds is 2. The summed E-state index contributed by atoms with van der Waals surface area (Å²) >= 11 is 0. The van der Waals surface area contributed by atoms with Gasteiger partial charge in [0.1, 0.15) is 0 Å². The van der Waals surface area contributed by atoms with Gasteiger partial charge in [-0.15, -0.1) is 0 Å². The summed E-state index contributed by atoms with van der Waals surface area (Å²) in [5, 5.41) is 0. The lowest BCUT2D eigenvalue weighted by atomic mass is 10.2. The summed E-state index contributed by atoms with van der Waals surface area (Å²) < 4.78 is 15.2. The van der Waals surface area contributed by atoms with Gasteiger partial charge >= 0.3 is 0 Å². The first-order valence-electron chi connectivity index (χ1n) is 3.99. The summed E-state index contributed by atoms with van der Waals surface area (Å²) in [7, 11) is 1.61. The van der Waals surface area contributed by atoms with E-state index in [1.807, 2.05) is 24.3 Å². The Kier molecular flexibility index (Phi) is 2.08. The highest BCUT2D eigenvalue weighted by molar-refractivity contribution is 5.55. The van der Waals surface area contributed by atoms with E-state index in [2.05, 4.69) is 0 Å². The minimum Gasteiger partial charge on any atom is -0.504 e. The number of benzene rings is 1. The Morgan fingerprint density at radius 1 is 1.31 bits per heavy atom. The normalized spacial score (nSPS) is 13.6. The van der Waals surface area contributed by atoms with Gasteiger partial charge in [-0.3, -0.25) is 0 Å². The molecule has 1 aliphatic heterocycles. The van der Waals surface area contributed by atoms with Crippen LogP contribution in [0.2, 0.25) is 0 Å². The second-order valence-electron chi connectivity index (χ2n) is 2.65. The van der Waals surface area contributed by atoms with Crippen LogP contribution in [-0.4, -0.2) is 13.9 Å². The second kappa shape index (κ2) is 3.39. The minimum absolute atomic E-state index is 0.312. The van der Waals surface area contributed by atoms with Crippen LogP contribution in [0.5, 0.6) is 11.5 Å². The number of ether oxygens (including phenoxy) is 3. The van der Waals surface area contributed by atoms with Gasteiger partial charge in [0.2, 0.25) is 6.79 Å². The molecule has 3 nitrogen and oxygen atoms in total. The Morgan fingerprint density at radius 2 is 2.15 bits per heavy atom. The van der Waals surface area contributed by atoms with E-state index in [9.17, 15) is 0 Å². The average molecular weight is 178 g/mol. The zero-order valence-corrected chi connectivity index (χ0v) is 7.32. The zero-order valence-electron chi connectivity index (χ0n) is 7.32. The molecule has 0 saturated carbocycles. The monoisotopic (exact) mass is 178 g/mol. The predicted molar refractivity (Wildman–Crippen MR) is 48.6 cm³/mol. The van der Waals surface area contributed by atoms with Crippen molar-refractivity contribution in [3.8, 4) is 11.5 Å². The highest BCUT2D eigenvalue weighted by atomic mass is 16.7. The van der Waals surface area contributed by atoms with Gasteiger partial charge in [0.25, 0.3) is 0 Å². The van der Waals surface area contributed by atoms with E-state index in [0.29, 0.717) is 6.79 Å². The molecule has 1 aromatic rings. The number of methoxy groups -OCH3 is 1. The molecule has 68 valence electrons. The van der Waals surface area contributed by atoms with Crippen molar-refractivity contribution in [1.29, 1.82) is 0 Å². The fraction of sp³-hybridized carbons (Fsp3) is 0.200. The maximum atomic E-state index is 5.22. The van der Waals surface area contributed by atoms with E-state index in [4.69, 9.17) is 14.2 Å². The fourth-order valence-electron chi connectivity index (χ4n) is 1.16. The van der Waals surface area contributed by atoms with E-state index in [0.717, 1.165) is 17.1 Å². The quantitative estimate of drug-likeness (QED) is 0.648. The molecule has 0 aromatic heterocycles. The Labute approximate surface area is 76.5 Å². The summed E-state index contributed by atoms with van der Waals surface area (Å²) in [6.45, 7) is 0.312. The Morgan fingerprint density at radius 3 is 3.00 bits per heavy atom. The van der Waals surface area contributed by atoms with E-state index in [1.54, 1.807) is 13.4 Å². The van der Waals surface area contributed by atoms with Crippen molar-refractivity contribution < 1.29 is 14.2 Å². The van der Waals surface area contributed by atoms with Gasteiger partial charge in [-0.1, -0.05) is 6.07 Å². The molecule has 0 bridgehead atoms. The van der Waals surface area contributed by atoms with E-state index in [-0.39, 0.29) is 0 Å². The Hall–Kier alpha value is -1.64. The maximum absolute atomic E-state index is 5.22. The molecule has 1 aliphatic rings. The highest BCUT2D eigenvalue weighted by Gasteiger charge is 2.11. The van der Waals surface area contributed by atoms with Crippen LogP contribution >= 0.6 is 0 Å². The van der Waals surface area contributed by atoms with Crippen LogP contribution in [-0.2, 0) is 4.74 Å². The van der Waals surface area contributed by atoms with Crippen LogP contribution in [0.25, 0.3) is 6.08 Å². The van der Waals surface area contributed by atoms with Crippen LogP contribution in [0.3, 0.4) is 0 Å². The van der Waals surface area contributed by atoms with Crippen molar-refractivity contribution in [2.45, 2.75) is 0 Å². The van der Waals surface area contributed by atoms with Crippen molar-refractivity contribution in [2.24, 2.45) is 0 Å². The van der Waals surface area contributed by atoms with Crippen LogP contribution < -0.4 is 9.47 Å². The molecule has 0 radical (unpaired) electrons. The number of fused-ring (bicyclic) bond motifs is 1. The van der Waals surface area contributed by atoms with Crippen LogP contribution in [0, 0.1) is 0 Å². The molecule has 0 amide bonds. The fourth-order valence-corrected chi connectivity index (χ4v) is 1.16. The summed E-state index contributed by atoms with van der Waals surface area (Å²) in [6.07, 6.45) is 3.49. The minimum atomic E-state index is 0.312. The van der Waals surface area contributed by atoms with E-state index >= 15 is 0 Å². The topological polar surface area (TPSA) is 27.7 Å². The summed E-state index contributed by atoms with van der Waals surface area (Å²) in [5.41, 5.74) is 1.03. The molecular formula is C10H10O3. The first-order chi connectivity index (χ1) is 6.40. The lowest BCUT2D eigenvalue weighted by Gasteiger charge is -1.96. The van der Waals surface area contributed by atoms with Crippen LogP contribution in [0.1, 0.15) is 5.56 Å². The molecule has 0 N–H and O–H groups in total. The molecule has 0 saturated heterocycles. The average Bonchev–Trinajstić information content (AvgIpc) is 2.61. The van der Waals surface area contributed by atoms with Gasteiger partial charge < -0.3 is 14.2 Å². The van der Waals surface area contributed by atoms with Crippen molar-refractivity contribution in [3.63, 3.8) is 0 Å². The Bertz CT molecular complexity index is 331. The van der Waals surface area contributed by atoms with Crippen molar-refractivity contribution in [3.05, 3.63) is 30.0 Å². The molecule has 0 fully saturated rings. The molecule has 0 atom stereocenters. The molecule has 2 rings (SSSR count). The van der Waals surface area contributed by atoms with Crippen LogP contribution in [0.15, 0.2) is 24.5 Å². The molecule has 0 aliphatic carbocycles. The molecule has 0 spiro atoms. The van der Waals surface area contributed by atoms with Gasteiger partial charge in [0, 0.05) is 0 Å². The van der Waals surface area contributed by atoms with Crippen molar-refractivity contribution in [1.82, 2.24) is 0 Å². The van der Waals surface area contributed by atoms with Gasteiger partial charge in [0.15, 0.2) is 11.5 Å². The maximum Gasteiger partial charge on any atom is 0.231 e. The Balaban J connectivity index is 2.25. The predicted octanol–water partition coefficient (Wildman–Crippen LogP) is 2.03. The molecule has 13 heavy (non-hydrogen) atoms. The molecule has 0 unspecified atom stereocenters. The number of hydrogen-bond donors (Lipinski definition) is 0. The van der Waals surface area contributed by atoms with Gasteiger partial charge in [-0.25, -0.2) is 0 Å². The standard InChI is InChI=1S/C10H10O3/c1-11-5-4-8-2-3-9-10(6-8)13-7-12-9/h2-6H,7H2,1H3. The molecule has 1 heterocycles. The second-order valence-corrected chi connectivity index (χ2v) is 2.65. The number of hydrogen-bond acceptors (Lipinski definition) is 3. The third-order valence-electron chi connectivity index (χ3n) is 1.79. The molecule has 1 aromatic carbocycles. The summed E-state index contributed by atoms with van der Waals surface area (Å²) in [5.74, 6) is 1.59. The summed E-state index contributed by atoms with van der Waals surface area (Å²) in [4.78, 5) is 0. The summed E-state index contributed by atoms with van der Waals surface area (Å²) in [6, 6.07) is 5.75.